The molecule has 1 atom stereocenters. The van der Waals surface area contributed by atoms with Crippen molar-refractivity contribution in [2.45, 2.75) is 32.2 Å². The molecular formula is C25H28N2O3. The van der Waals surface area contributed by atoms with Gasteiger partial charge >= 0.3 is 5.97 Å². The molecule has 0 bridgehead atoms. The van der Waals surface area contributed by atoms with Gasteiger partial charge in [0.1, 0.15) is 0 Å². The zero-order chi connectivity index (χ0) is 21.1. The number of ketones is 1. The Bertz CT molecular complexity index is 1030. The quantitative estimate of drug-likeness (QED) is 0.484. The standard InChI is InChI=1S/C25H28N2O3/c1-3-17-10-7-11-20-21(16-26-22(17)20)24(28)23(18-8-5-4-6-9-18)27-14-12-19(13-15-27)25(29)30-2/h4-11,16,19,23,26H,3,12-15H2,1-2H3/t23-/m0/s1. The molecule has 1 N–H and O–H groups in total. The molecule has 3 aromatic rings. The van der Waals surface area contributed by atoms with Crippen molar-refractivity contribution >= 4 is 22.7 Å². The van der Waals surface area contributed by atoms with E-state index in [1.807, 2.05) is 48.7 Å². The van der Waals surface area contributed by atoms with Crippen LogP contribution in [0.4, 0.5) is 0 Å². The van der Waals surface area contributed by atoms with Crippen LogP contribution in [-0.4, -0.2) is 41.8 Å². The van der Waals surface area contributed by atoms with Crippen LogP contribution in [0.5, 0.6) is 0 Å². The summed E-state index contributed by atoms with van der Waals surface area (Å²) in [5.41, 5.74) is 3.96. The molecule has 2 heterocycles. The van der Waals surface area contributed by atoms with Crippen LogP contribution in [0.1, 0.15) is 47.3 Å². The Hall–Kier alpha value is -2.92. The fourth-order valence-electron chi connectivity index (χ4n) is 4.59. The number of piperidine rings is 1. The van der Waals surface area contributed by atoms with Crippen molar-refractivity contribution in [2.24, 2.45) is 5.92 Å². The van der Waals surface area contributed by atoms with Gasteiger partial charge < -0.3 is 9.72 Å². The number of rotatable bonds is 6. The second kappa shape index (κ2) is 8.84. The number of hydrogen-bond donors (Lipinski definition) is 1. The second-order valence-corrected chi connectivity index (χ2v) is 7.91. The summed E-state index contributed by atoms with van der Waals surface area (Å²) in [6.07, 6.45) is 4.17. The van der Waals surface area contributed by atoms with Gasteiger partial charge in [-0.15, -0.1) is 0 Å². The van der Waals surface area contributed by atoms with Gasteiger partial charge in [-0.1, -0.05) is 55.5 Å². The summed E-state index contributed by atoms with van der Waals surface area (Å²) in [7, 11) is 1.44. The number of methoxy groups -OCH3 is 1. The highest BCUT2D eigenvalue weighted by Gasteiger charge is 2.34. The summed E-state index contributed by atoms with van der Waals surface area (Å²) < 4.78 is 4.92. The number of aromatic nitrogens is 1. The van der Waals surface area contributed by atoms with Crippen molar-refractivity contribution in [3.63, 3.8) is 0 Å². The normalized spacial score (nSPS) is 16.5. The monoisotopic (exact) mass is 404 g/mol. The van der Waals surface area contributed by atoms with Crippen molar-refractivity contribution in [2.75, 3.05) is 20.2 Å². The molecule has 0 saturated carbocycles. The maximum atomic E-state index is 13.8. The van der Waals surface area contributed by atoms with Crippen molar-refractivity contribution in [3.05, 3.63) is 71.4 Å². The number of benzene rings is 2. The number of hydrogen-bond acceptors (Lipinski definition) is 4. The molecule has 0 unspecified atom stereocenters. The van der Waals surface area contributed by atoms with Gasteiger partial charge in [0, 0.05) is 35.8 Å². The molecule has 1 aliphatic rings. The molecule has 0 radical (unpaired) electrons. The Morgan fingerprint density at radius 1 is 1.10 bits per heavy atom. The van der Waals surface area contributed by atoms with E-state index in [1.54, 1.807) is 0 Å². The van der Waals surface area contributed by atoms with E-state index in [-0.39, 0.29) is 23.7 Å². The van der Waals surface area contributed by atoms with E-state index in [2.05, 4.69) is 22.9 Å². The lowest BCUT2D eigenvalue weighted by atomic mass is 9.90. The summed E-state index contributed by atoms with van der Waals surface area (Å²) in [6, 6.07) is 15.7. The van der Waals surface area contributed by atoms with Crippen LogP contribution in [0.3, 0.4) is 0 Å². The van der Waals surface area contributed by atoms with E-state index in [9.17, 15) is 9.59 Å². The molecule has 1 aromatic heterocycles. The predicted molar refractivity (Wildman–Crippen MR) is 118 cm³/mol. The van der Waals surface area contributed by atoms with Crippen molar-refractivity contribution < 1.29 is 14.3 Å². The zero-order valence-electron chi connectivity index (χ0n) is 17.6. The number of esters is 1. The Morgan fingerprint density at radius 3 is 2.50 bits per heavy atom. The van der Waals surface area contributed by atoms with Gasteiger partial charge in [-0.3, -0.25) is 14.5 Å². The number of carbonyl (C=O) groups excluding carboxylic acids is 2. The van der Waals surface area contributed by atoms with Gasteiger partial charge in [0.05, 0.1) is 19.1 Å². The summed E-state index contributed by atoms with van der Waals surface area (Å²) in [6.45, 7) is 3.50. The summed E-state index contributed by atoms with van der Waals surface area (Å²) in [5.74, 6) is -0.142. The van der Waals surface area contributed by atoms with E-state index in [4.69, 9.17) is 4.74 Å². The number of Topliss-reactive ketones (excluding diaryl/α,β-unsaturated/α-hetero) is 1. The minimum atomic E-state index is -0.367. The lowest BCUT2D eigenvalue weighted by Gasteiger charge is -2.36. The number of aromatic amines is 1. The Labute approximate surface area is 177 Å². The van der Waals surface area contributed by atoms with Gasteiger partial charge in [0.15, 0.2) is 5.78 Å². The highest BCUT2D eigenvalue weighted by molar-refractivity contribution is 6.11. The van der Waals surface area contributed by atoms with Crippen LogP contribution < -0.4 is 0 Å². The summed E-state index contributed by atoms with van der Waals surface area (Å²) >= 11 is 0. The first-order chi connectivity index (χ1) is 14.6. The summed E-state index contributed by atoms with van der Waals surface area (Å²) in [4.78, 5) is 31.3. The van der Waals surface area contributed by atoms with E-state index in [0.717, 1.165) is 28.5 Å². The summed E-state index contributed by atoms with van der Waals surface area (Å²) in [5, 5.41) is 0.977. The van der Waals surface area contributed by atoms with Gasteiger partial charge in [-0.25, -0.2) is 0 Å². The topological polar surface area (TPSA) is 62.4 Å². The molecule has 1 saturated heterocycles. The Morgan fingerprint density at radius 2 is 1.83 bits per heavy atom. The molecule has 0 aliphatic carbocycles. The molecule has 4 rings (SSSR count). The van der Waals surface area contributed by atoms with Crippen LogP contribution in [0.2, 0.25) is 0 Å². The van der Waals surface area contributed by atoms with Crippen LogP contribution in [0, 0.1) is 5.92 Å². The molecule has 30 heavy (non-hydrogen) atoms. The number of nitrogens with zero attached hydrogens (tertiary/aromatic N) is 1. The number of likely N-dealkylation sites (tertiary alicyclic amines) is 1. The van der Waals surface area contributed by atoms with Crippen LogP contribution in [0.25, 0.3) is 10.9 Å². The average molecular weight is 405 g/mol. The highest BCUT2D eigenvalue weighted by Crippen LogP contribution is 2.33. The lowest BCUT2D eigenvalue weighted by molar-refractivity contribution is -0.147. The number of aryl methyl sites for hydroxylation is 1. The predicted octanol–water partition coefficient (Wildman–Crippen LogP) is 4.54. The smallest absolute Gasteiger partial charge is 0.308 e. The van der Waals surface area contributed by atoms with E-state index in [1.165, 1.54) is 12.7 Å². The zero-order valence-corrected chi connectivity index (χ0v) is 17.6. The van der Waals surface area contributed by atoms with E-state index in [0.29, 0.717) is 25.9 Å². The van der Waals surface area contributed by atoms with E-state index >= 15 is 0 Å². The number of para-hydroxylation sites is 1. The third-order valence-electron chi connectivity index (χ3n) is 6.24. The molecule has 0 spiro atoms. The molecule has 1 aliphatic heterocycles. The highest BCUT2D eigenvalue weighted by atomic mass is 16.5. The molecule has 2 aromatic carbocycles. The molecule has 156 valence electrons. The third-order valence-corrected chi connectivity index (χ3v) is 6.24. The first kappa shape index (κ1) is 20.4. The van der Waals surface area contributed by atoms with Crippen LogP contribution in [0.15, 0.2) is 54.7 Å². The maximum absolute atomic E-state index is 13.8. The maximum Gasteiger partial charge on any atom is 0.308 e. The molecule has 5 heteroatoms. The number of fused-ring (bicyclic) bond motifs is 1. The fourth-order valence-corrected chi connectivity index (χ4v) is 4.59. The molecular weight excluding hydrogens is 376 g/mol. The van der Waals surface area contributed by atoms with Gasteiger partial charge in [-0.05, 0) is 30.4 Å². The lowest BCUT2D eigenvalue weighted by Crippen LogP contribution is -2.41. The number of nitrogens with one attached hydrogen (secondary N) is 1. The minimum absolute atomic E-state index is 0.0852. The molecule has 5 nitrogen and oxygen atoms in total. The molecule has 1 fully saturated rings. The van der Waals surface area contributed by atoms with Crippen LogP contribution in [-0.2, 0) is 16.0 Å². The number of ether oxygens (including phenoxy) is 1. The Kier molecular flexibility index (Phi) is 6.00. The molecule has 0 amide bonds. The number of H-pyrrole nitrogens is 1. The SMILES string of the molecule is CCc1cccc2c(C(=O)[C@H](c3ccccc3)N3CCC(C(=O)OC)CC3)c[nH]c12. The van der Waals surface area contributed by atoms with Crippen molar-refractivity contribution in [1.29, 1.82) is 0 Å². The first-order valence-electron chi connectivity index (χ1n) is 10.6. The first-order valence-corrected chi connectivity index (χ1v) is 10.6. The fraction of sp³-hybridized carbons (Fsp3) is 0.360. The van der Waals surface area contributed by atoms with Crippen LogP contribution >= 0.6 is 0 Å². The third kappa shape index (κ3) is 3.77. The minimum Gasteiger partial charge on any atom is -0.469 e. The largest absolute Gasteiger partial charge is 0.469 e. The van der Waals surface area contributed by atoms with Crippen molar-refractivity contribution in [3.8, 4) is 0 Å². The Balaban J connectivity index is 1.68. The average Bonchev–Trinajstić information content (AvgIpc) is 3.24. The van der Waals surface area contributed by atoms with Gasteiger partial charge in [0.2, 0.25) is 0 Å². The van der Waals surface area contributed by atoms with Gasteiger partial charge in [0.25, 0.3) is 0 Å². The number of carbonyl (C=O) groups is 2. The van der Waals surface area contributed by atoms with Crippen molar-refractivity contribution in [1.82, 2.24) is 9.88 Å². The van der Waals surface area contributed by atoms with E-state index < -0.39 is 0 Å². The second-order valence-electron chi connectivity index (χ2n) is 7.91. The van der Waals surface area contributed by atoms with Gasteiger partial charge in [-0.2, -0.15) is 0 Å².